The van der Waals surface area contributed by atoms with Crippen LogP contribution in [-0.2, 0) is 6.54 Å². The van der Waals surface area contributed by atoms with Gasteiger partial charge in [-0.2, -0.15) is 5.10 Å². The Morgan fingerprint density at radius 1 is 1.50 bits per heavy atom. The van der Waals surface area contributed by atoms with E-state index in [1.807, 2.05) is 4.68 Å². The second kappa shape index (κ2) is 6.23. The maximum absolute atomic E-state index is 6.33. The van der Waals surface area contributed by atoms with Gasteiger partial charge in [-0.3, -0.25) is 4.68 Å². The number of aromatic nitrogens is 2. The molecule has 1 aliphatic rings. The first-order valence-electron chi connectivity index (χ1n) is 7.11. The molecule has 1 heterocycles. The van der Waals surface area contributed by atoms with Crippen molar-refractivity contribution in [2.75, 3.05) is 7.11 Å². The molecule has 1 fully saturated rings. The van der Waals surface area contributed by atoms with E-state index in [-0.39, 0.29) is 6.04 Å². The lowest BCUT2D eigenvalue weighted by molar-refractivity contribution is 0.390. The van der Waals surface area contributed by atoms with Crippen LogP contribution in [-0.4, -0.2) is 16.9 Å². The molecular formula is C14H25N3O. The lowest BCUT2D eigenvalue weighted by atomic mass is 9.97. The molecule has 0 saturated heterocycles. The molecule has 1 unspecified atom stereocenters. The van der Waals surface area contributed by atoms with Crippen LogP contribution in [0.1, 0.15) is 57.2 Å². The largest absolute Gasteiger partial charge is 0.493 e. The number of hydrogen-bond donors (Lipinski definition) is 1. The van der Waals surface area contributed by atoms with E-state index >= 15 is 0 Å². The summed E-state index contributed by atoms with van der Waals surface area (Å²) in [5, 5.41) is 4.32. The molecule has 18 heavy (non-hydrogen) atoms. The Morgan fingerprint density at radius 3 is 2.83 bits per heavy atom. The Morgan fingerprint density at radius 2 is 2.22 bits per heavy atom. The van der Waals surface area contributed by atoms with E-state index in [1.165, 1.54) is 32.1 Å². The Hall–Kier alpha value is -1.03. The Labute approximate surface area is 110 Å². The molecule has 0 aliphatic heterocycles. The lowest BCUT2D eigenvalue weighted by Gasteiger charge is -2.17. The van der Waals surface area contributed by atoms with Crippen molar-refractivity contribution >= 4 is 0 Å². The standard InChI is InChI=1S/C14H25N3O/c1-3-17-14(13(18-2)10-16-17)12(15)9-8-11-6-4-5-7-11/h10-12H,3-9,15H2,1-2H3. The summed E-state index contributed by atoms with van der Waals surface area (Å²) >= 11 is 0. The highest BCUT2D eigenvalue weighted by molar-refractivity contribution is 5.28. The van der Waals surface area contributed by atoms with Crippen molar-refractivity contribution in [1.29, 1.82) is 0 Å². The van der Waals surface area contributed by atoms with Crippen LogP contribution in [0, 0.1) is 5.92 Å². The second-order valence-corrected chi connectivity index (χ2v) is 5.25. The van der Waals surface area contributed by atoms with Crippen molar-refractivity contribution in [3.8, 4) is 5.75 Å². The minimum atomic E-state index is 0.0444. The molecule has 0 bridgehead atoms. The SMILES string of the molecule is CCn1ncc(OC)c1C(N)CCC1CCCC1. The van der Waals surface area contributed by atoms with Crippen molar-refractivity contribution < 1.29 is 4.74 Å². The fraction of sp³-hybridized carbons (Fsp3) is 0.786. The summed E-state index contributed by atoms with van der Waals surface area (Å²) in [6, 6.07) is 0.0444. The van der Waals surface area contributed by atoms with Crippen molar-refractivity contribution in [2.24, 2.45) is 11.7 Å². The van der Waals surface area contributed by atoms with Crippen LogP contribution in [0.3, 0.4) is 0 Å². The highest BCUT2D eigenvalue weighted by atomic mass is 16.5. The average molecular weight is 251 g/mol. The van der Waals surface area contributed by atoms with Gasteiger partial charge in [-0.15, -0.1) is 0 Å². The lowest BCUT2D eigenvalue weighted by Crippen LogP contribution is -2.17. The second-order valence-electron chi connectivity index (χ2n) is 5.25. The minimum absolute atomic E-state index is 0.0444. The smallest absolute Gasteiger partial charge is 0.161 e. The molecule has 0 amide bonds. The van der Waals surface area contributed by atoms with Crippen molar-refractivity contribution in [2.45, 2.75) is 58.0 Å². The number of aryl methyl sites for hydroxylation is 1. The van der Waals surface area contributed by atoms with E-state index in [0.29, 0.717) is 0 Å². The molecule has 1 atom stereocenters. The zero-order valence-electron chi connectivity index (χ0n) is 11.6. The normalized spacial score (nSPS) is 18.2. The van der Waals surface area contributed by atoms with Crippen LogP contribution in [0.25, 0.3) is 0 Å². The number of rotatable bonds is 6. The molecule has 102 valence electrons. The van der Waals surface area contributed by atoms with Gasteiger partial charge in [0.2, 0.25) is 0 Å². The summed E-state index contributed by atoms with van der Waals surface area (Å²) in [6.45, 7) is 2.93. The third kappa shape index (κ3) is 2.86. The Balaban J connectivity index is 1.98. The summed E-state index contributed by atoms with van der Waals surface area (Å²) in [5.74, 6) is 1.72. The van der Waals surface area contributed by atoms with Crippen LogP contribution in [0.5, 0.6) is 5.75 Å². The summed E-state index contributed by atoms with van der Waals surface area (Å²) < 4.78 is 7.31. The van der Waals surface area contributed by atoms with Gasteiger partial charge in [0.15, 0.2) is 5.75 Å². The molecule has 0 spiro atoms. The van der Waals surface area contributed by atoms with Gasteiger partial charge >= 0.3 is 0 Å². The van der Waals surface area contributed by atoms with Crippen LogP contribution < -0.4 is 10.5 Å². The van der Waals surface area contributed by atoms with Crippen molar-refractivity contribution in [1.82, 2.24) is 9.78 Å². The van der Waals surface area contributed by atoms with Crippen LogP contribution >= 0.6 is 0 Å². The van der Waals surface area contributed by atoms with Crippen molar-refractivity contribution in [3.63, 3.8) is 0 Å². The van der Waals surface area contributed by atoms with Crippen LogP contribution in [0.15, 0.2) is 6.20 Å². The topological polar surface area (TPSA) is 53.1 Å². The van der Waals surface area contributed by atoms with Gasteiger partial charge in [-0.25, -0.2) is 0 Å². The molecule has 1 saturated carbocycles. The van der Waals surface area contributed by atoms with E-state index in [4.69, 9.17) is 10.5 Å². The number of hydrogen-bond acceptors (Lipinski definition) is 3. The first-order valence-corrected chi connectivity index (χ1v) is 7.11. The molecule has 1 aromatic rings. The van der Waals surface area contributed by atoms with E-state index < -0.39 is 0 Å². The van der Waals surface area contributed by atoms with Crippen molar-refractivity contribution in [3.05, 3.63) is 11.9 Å². The Bertz CT molecular complexity index is 348. The zero-order chi connectivity index (χ0) is 13.0. The highest BCUT2D eigenvalue weighted by Crippen LogP contribution is 2.32. The predicted octanol–water partition coefficient (Wildman–Crippen LogP) is 2.88. The van der Waals surface area contributed by atoms with E-state index in [0.717, 1.165) is 30.3 Å². The summed E-state index contributed by atoms with van der Waals surface area (Å²) in [4.78, 5) is 0. The fourth-order valence-corrected chi connectivity index (χ4v) is 3.01. The molecule has 1 aromatic heterocycles. The average Bonchev–Trinajstić information content (AvgIpc) is 3.04. The van der Waals surface area contributed by atoms with Gasteiger partial charge < -0.3 is 10.5 Å². The number of methoxy groups -OCH3 is 1. The van der Waals surface area contributed by atoms with Gasteiger partial charge in [0, 0.05) is 6.54 Å². The van der Waals surface area contributed by atoms with E-state index in [2.05, 4.69) is 12.0 Å². The molecule has 2 N–H and O–H groups in total. The molecule has 0 radical (unpaired) electrons. The number of ether oxygens (including phenoxy) is 1. The maximum atomic E-state index is 6.33. The maximum Gasteiger partial charge on any atom is 0.161 e. The van der Waals surface area contributed by atoms with Crippen LogP contribution in [0.2, 0.25) is 0 Å². The molecule has 0 aromatic carbocycles. The summed E-state index contributed by atoms with van der Waals surface area (Å²) in [5.41, 5.74) is 7.38. The molecular weight excluding hydrogens is 226 g/mol. The Kier molecular flexibility index (Phi) is 4.64. The summed E-state index contributed by atoms with van der Waals surface area (Å²) in [7, 11) is 1.68. The molecule has 2 rings (SSSR count). The third-order valence-corrected chi connectivity index (χ3v) is 4.08. The summed E-state index contributed by atoms with van der Waals surface area (Å²) in [6.07, 6.45) is 9.61. The molecule has 1 aliphatic carbocycles. The molecule has 4 nitrogen and oxygen atoms in total. The fourth-order valence-electron chi connectivity index (χ4n) is 3.01. The van der Waals surface area contributed by atoms with E-state index in [1.54, 1.807) is 13.3 Å². The third-order valence-electron chi connectivity index (χ3n) is 4.08. The first-order chi connectivity index (χ1) is 8.76. The minimum Gasteiger partial charge on any atom is -0.493 e. The zero-order valence-corrected chi connectivity index (χ0v) is 11.6. The quantitative estimate of drug-likeness (QED) is 0.845. The highest BCUT2D eigenvalue weighted by Gasteiger charge is 2.21. The number of nitrogens with zero attached hydrogens (tertiary/aromatic N) is 2. The van der Waals surface area contributed by atoms with Gasteiger partial charge in [-0.05, 0) is 25.7 Å². The van der Waals surface area contributed by atoms with Crippen LogP contribution in [0.4, 0.5) is 0 Å². The monoisotopic (exact) mass is 251 g/mol. The van der Waals surface area contributed by atoms with E-state index in [9.17, 15) is 0 Å². The van der Waals surface area contributed by atoms with Gasteiger partial charge in [0.05, 0.1) is 25.0 Å². The number of nitrogens with two attached hydrogens (primary N) is 1. The first kappa shape index (κ1) is 13.4. The van der Waals surface area contributed by atoms with Gasteiger partial charge in [-0.1, -0.05) is 25.7 Å². The van der Waals surface area contributed by atoms with Gasteiger partial charge in [0.1, 0.15) is 0 Å². The predicted molar refractivity (Wildman–Crippen MR) is 72.6 cm³/mol. The van der Waals surface area contributed by atoms with Gasteiger partial charge in [0.25, 0.3) is 0 Å². The molecule has 4 heteroatoms.